The van der Waals surface area contributed by atoms with Gasteiger partial charge in [-0.1, -0.05) is 12.1 Å². The van der Waals surface area contributed by atoms with E-state index in [-0.39, 0.29) is 0 Å². The van der Waals surface area contributed by atoms with Crippen LogP contribution in [-0.2, 0) is 18.3 Å². The molecule has 0 aliphatic carbocycles. The van der Waals surface area contributed by atoms with Crippen molar-refractivity contribution in [1.82, 2.24) is 4.57 Å². The number of aromatic nitrogens is 1. The van der Waals surface area contributed by atoms with Gasteiger partial charge in [-0.25, -0.2) is 0 Å². The molecule has 1 N–H and O–H groups in total. The summed E-state index contributed by atoms with van der Waals surface area (Å²) in [5.74, 6) is -0.772. The Balaban J connectivity index is 2.56. The van der Waals surface area contributed by atoms with Gasteiger partial charge in [-0.3, -0.25) is 4.79 Å². The lowest BCUT2D eigenvalue weighted by atomic mass is 9.85. The zero-order valence-corrected chi connectivity index (χ0v) is 12.3. The molecular formula is C14H16BrNO2. The first-order valence-electron chi connectivity index (χ1n) is 5.79. The number of aryl methyl sites for hydroxylation is 1. The average molecular weight is 310 g/mol. The van der Waals surface area contributed by atoms with Gasteiger partial charge in [-0.05, 0) is 47.8 Å². The van der Waals surface area contributed by atoms with Crippen LogP contribution in [-0.4, -0.2) is 15.6 Å². The van der Waals surface area contributed by atoms with Crippen molar-refractivity contribution in [2.24, 2.45) is 12.5 Å². The maximum Gasteiger partial charge on any atom is 0.309 e. The van der Waals surface area contributed by atoms with Crippen LogP contribution in [0.15, 0.2) is 28.9 Å². The normalized spacial score (nSPS) is 12.0. The van der Waals surface area contributed by atoms with Crippen LogP contribution >= 0.6 is 15.9 Å². The fraction of sp³-hybridized carbons (Fsp3) is 0.357. The molecule has 1 aromatic heterocycles. The molecule has 0 atom stereocenters. The van der Waals surface area contributed by atoms with E-state index in [1.165, 1.54) is 0 Å². The molecule has 96 valence electrons. The molecule has 0 spiro atoms. The van der Waals surface area contributed by atoms with Gasteiger partial charge in [0.15, 0.2) is 0 Å². The molecule has 0 aliphatic rings. The Bertz CT molecular complexity index is 614. The van der Waals surface area contributed by atoms with Gasteiger partial charge >= 0.3 is 5.97 Å². The molecule has 2 aromatic rings. The second-order valence-electron chi connectivity index (χ2n) is 5.27. The quantitative estimate of drug-likeness (QED) is 0.941. The van der Waals surface area contributed by atoms with Crippen LogP contribution in [0.2, 0.25) is 0 Å². The summed E-state index contributed by atoms with van der Waals surface area (Å²) in [6.45, 7) is 3.51. The third-order valence-corrected chi connectivity index (χ3v) is 3.87. The fourth-order valence-corrected chi connectivity index (χ4v) is 2.92. The molecular weight excluding hydrogens is 294 g/mol. The summed E-state index contributed by atoms with van der Waals surface area (Å²) < 4.78 is 3.05. The summed E-state index contributed by atoms with van der Waals surface area (Å²) in [4.78, 5) is 11.2. The minimum atomic E-state index is -0.772. The van der Waals surface area contributed by atoms with Crippen LogP contribution in [0.5, 0.6) is 0 Å². The molecule has 1 aromatic carbocycles. The molecule has 4 heteroatoms. The number of benzene rings is 1. The van der Waals surface area contributed by atoms with Crippen LogP contribution in [0.25, 0.3) is 10.9 Å². The Morgan fingerprint density at radius 3 is 2.72 bits per heavy atom. The topological polar surface area (TPSA) is 42.2 Å². The summed E-state index contributed by atoms with van der Waals surface area (Å²) in [5.41, 5.74) is 1.41. The zero-order valence-electron chi connectivity index (χ0n) is 10.7. The van der Waals surface area contributed by atoms with E-state index < -0.39 is 11.4 Å². The van der Waals surface area contributed by atoms with Crippen LogP contribution in [0.3, 0.4) is 0 Å². The smallest absolute Gasteiger partial charge is 0.309 e. The molecule has 0 unspecified atom stereocenters. The van der Waals surface area contributed by atoms with Crippen LogP contribution in [0, 0.1) is 5.41 Å². The first-order valence-corrected chi connectivity index (χ1v) is 6.58. The predicted molar refractivity (Wildman–Crippen MR) is 75.7 cm³/mol. The van der Waals surface area contributed by atoms with Gasteiger partial charge in [0.05, 0.1) is 5.41 Å². The summed E-state index contributed by atoms with van der Waals surface area (Å²) in [6.07, 6.45) is 2.52. The maximum atomic E-state index is 11.2. The lowest BCUT2D eigenvalue weighted by Crippen LogP contribution is -2.26. The van der Waals surface area contributed by atoms with Crippen molar-refractivity contribution in [1.29, 1.82) is 0 Å². The summed E-state index contributed by atoms with van der Waals surface area (Å²) >= 11 is 3.54. The maximum absolute atomic E-state index is 11.2. The molecule has 0 fully saturated rings. The fourth-order valence-electron chi connectivity index (χ4n) is 2.16. The van der Waals surface area contributed by atoms with Crippen molar-refractivity contribution >= 4 is 32.8 Å². The average Bonchev–Trinajstić information content (AvgIpc) is 2.55. The van der Waals surface area contributed by atoms with Gasteiger partial charge in [0.1, 0.15) is 0 Å². The van der Waals surface area contributed by atoms with E-state index in [1.807, 2.05) is 36.0 Å². The van der Waals surface area contributed by atoms with E-state index >= 15 is 0 Å². The molecule has 0 aliphatic heterocycles. The van der Waals surface area contributed by atoms with Gasteiger partial charge in [0.25, 0.3) is 0 Å². The number of halogens is 1. The van der Waals surface area contributed by atoms with Crippen LogP contribution in [0.1, 0.15) is 19.4 Å². The number of hydrogen-bond acceptors (Lipinski definition) is 1. The van der Waals surface area contributed by atoms with E-state index in [4.69, 9.17) is 0 Å². The number of carboxylic acid groups (broad SMARTS) is 1. The Labute approximate surface area is 115 Å². The molecule has 18 heavy (non-hydrogen) atoms. The minimum Gasteiger partial charge on any atom is -0.481 e. The Morgan fingerprint density at radius 2 is 2.11 bits per heavy atom. The third-order valence-electron chi connectivity index (χ3n) is 3.27. The van der Waals surface area contributed by atoms with Gasteiger partial charge in [-0.15, -0.1) is 0 Å². The van der Waals surface area contributed by atoms with Gasteiger partial charge in [-0.2, -0.15) is 0 Å². The monoisotopic (exact) mass is 309 g/mol. The van der Waals surface area contributed by atoms with Crippen LogP contribution < -0.4 is 0 Å². The Morgan fingerprint density at radius 1 is 1.44 bits per heavy atom. The Hall–Kier alpha value is -1.29. The molecule has 0 saturated carbocycles. The van der Waals surface area contributed by atoms with Crippen molar-refractivity contribution in [3.05, 3.63) is 34.4 Å². The van der Waals surface area contributed by atoms with Gasteiger partial charge < -0.3 is 9.67 Å². The van der Waals surface area contributed by atoms with Crippen molar-refractivity contribution in [3.63, 3.8) is 0 Å². The van der Waals surface area contributed by atoms with E-state index in [2.05, 4.69) is 15.9 Å². The number of carboxylic acids is 1. The molecule has 1 heterocycles. The lowest BCUT2D eigenvalue weighted by molar-refractivity contribution is -0.146. The van der Waals surface area contributed by atoms with E-state index in [0.717, 1.165) is 20.9 Å². The Kier molecular flexibility index (Phi) is 3.23. The number of nitrogens with zero attached hydrogens (tertiary/aromatic N) is 1. The summed E-state index contributed by atoms with van der Waals surface area (Å²) in [6, 6.07) is 6.01. The highest BCUT2D eigenvalue weighted by Crippen LogP contribution is 2.32. The van der Waals surface area contributed by atoms with Crippen LogP contribution in [0.4, 0.5) is 0 Å². The highest BCUT2D eigenvalue weighted by atomic mass is 79.9. The SMILES string of the molecule is Cn1cc(Br)c2c(CC(C)(C)C(=O)O)cccc21. The number of hydrogen-bond donors (Lipinski definition) is 1. The predicted octanol–water partition coefficient (Wildman–Crippen LogP) is 3.59. The number of carbonyl (C=O) groups is 1. The number of aliphatic carboxylic acids is 1. The molecule has 0 bridgehead atoms. The summed E-state index contributed by atoms with van der Waals surface area (Å²) in [5, 5.41) is 10.3. The van der Waals surface area contributed by atoms with E-state index in [0.29, 0.717) is 6.42 Å². The second-order valence-corrected chi connectivity index (χ2v) is 6.12. The summed E-state index contributed by atoms with van der Waals surface area (Å²) in [7, 11) is 1.99. The first-order chi connectivity index (χ1) is 8.33. The largest absolute Gasteiger partial charge is 0.481 e. The standard InChI is InChI=1S/C14H16BrNO2/c1-14(2,13(17)18)7-9-5-4-6-11-12(9)10(15)8-16(11)3/h4-6,8H,7H2,1-3H3,(H,17,18). The highest BCUT2D eigenvalue weighted by Gasteiger charge is 2.28. The minimum absolute atomic E-state index is 0.516. The first kappa shape index (κ1) is 13.1. The second kappa shape index (κ2) is 4.43. The van der Waals surface area contributed by atoms with Crippen molar-refractivity contribution < 1.29 is 9.90 Å². The third kappa shape index (κ3) is 2.17. The van der Waals surface area contributed by atoms with Gasteiger partial charge in [0, 0.05) is 28.6 Å². The highest BCUT2D eigenvalue weighted by molar-refractivity contribution is 9.10. The van der Waals surface area contributed by atoms with Crippen molar-refractivity contribution in [2.75, 3.05) is 0 Å². The van der Waals surface area contributed by atoms with Crippen molar-refractivity contribution in [2.45, 2.75) is 20.3 Å². The van der Waals surface area contributed by atoms with Gasteiger partial charge in [0.2, 0.25) is 0 Å². The molecule has 0 saturated heterocycles. The van der Waals surface area contributed by atoms with Crippen molar-refractivity contribution in [3.8, 4) is 0 Å². The zero-order chi connectivity index (χ0) is 13.5. The number of fused-ring (bicyclic) bond motifs is 1. The van der Waals surface area contributed by atoms with E-state index in [9.17, 15) is 9.90 Å². The molecule has 0 radical (unpaired) electrons. The molecule has 2 rings (SSSR count). The molecule has 3 nitrogen and oxygen atoms in total. The number of rotatable bonds is 3. The lowest BCUT2D eigenvalue weighted by Gasteiger charge is -2.19. The van der Waals surface area contributed by atoms with E-state index in [1.54, 1.807) is 13.8 Å². The molecule has 0 amide bonds.